The van der Waals surface area contributed by atoms with Gasteiger partial charge >= 0.3 is 0 Å². The van der Waals surface area contributed by atoms with Crippen molar-refractivity contribution in [3.05, 3.63) is 53.1 Å². The fourth-order valence-corrected chi connectivity index (χ4v) is 3.38. The number of hydrogen-bond donors (Lipinski definition) is 1. The van der Waals surface area contributed by atoms with E-state index in [1.807, 2.05) is 36.1 Å². The van der Waals surface area contributed by atoms with E-state index in [0.717, 1.165) is 37.4 Å². The molecule has 2 aromatic rings. The van der Waals surface area contributed by atoms with Crippen LogP contribution in [0, 0.1) is 6.92 Å². The average molecular weight is 402 g/mol. The second kappa shape index (κ2) is 8.97. The summed E-state index contributed by atoms with van der Waals surface area (Å²) in [4.78, 5) is 27.6. The highest BCUT2D eigenvalue weighted by atomic mass is 35.5. The van der Waals surface area contributed by atoms with Crippen LogP contribution in [0.1, 0.15) is 12.5 Å². The lowest BCUT2D eigenvalue weighted by atomic mass is 10.2. The number of carbonyl (C=O) groups excluding carboxylic acids is 2. The van der Waals surface area contributed by atoms with Crippen LogP contribution in [-0.4, -0.2) is 49.5 Å². The second-order valence-corrected chi connectivity index (χ2v) is 7.22. The number of nitrogens with zero attached hydrogens (tertiary/aromatic N) is 2. The Morgan fingerprint density at radius 1 is 1.07 bits per heavy atom. The van der Waals surface area contributed by atoms with Gasteiger partial charge in [0.15, 0.2) is 6.61 Å². The van der Waals surface area contributed by atoms with Gasteiger partial charge in [0.25, 0.3) is 5.91 Å². The summed E-state index contributed by atoms with van der Waals surface area (Å²) >= 11 is 5.92. The van der Waals surface area contributed by atoms with Crippen molar-refractivity contribution in [2.45, 2.75) is 13.8 Å². The number of benzene rings is 2. The smallest absolute Gasteiger partial charge is 0.262 e. The molecule has 1 saturated heterocycles. The molecule has 1 heterocycles. The lowest BCUT2D eigenvalue weighted by Gasteiger charge is -2.35. The standard InChI is InChI=1S/C21H24ClN3O3/c1-15-13-17(22)3-8-20(15)28-14-21(27)23-18-4-6-19(7-5-18)25-11-9-24(10-12-25)16(2)26/h3-8,13H,9-12,14H2,1-2H3,(H,23,27). The van der Waals surface area contributed by atoms with Crippen LogP contribution in [0.2, 0.25) is 5.02 Å². The van der Waals surface area contributed by atoms with Crippen molar-refractivity contribution in [2.75, 3.05) is 43.0 Å². The molecule has 0 aromatic heterocycles. The molecule has 28 heavy (non-hydrogen) atoms. The van der Waals surface area contributed by atoms with Crippen molar-refractivity contribution in [2.24, 2.45) is 0 Å². The summed E-state index contributed by atoms with van der Waals surface area (Å²) in [6.45, 7) is 6.49. The molecule has 1 N–H and O–H groups in total. The molecule has 148 valence electrons. The van der Waals surface area contributed by atoms with Crippen LogP contribution >= 0.6 is 11.6 Å². The number of ether oxygens (including phenoxy) is 1. The number of rotatable bonds is 5. The molecule has 6 nitrogen and oxygen atoms in total. The van der Waals surface area contributed by atoms with Gasteiger partial charge < -0.3 is 19.9 Å². The highest BCUT2D eigenvalue weighted by Gasteiger charge is 2.18. The molecule has 1 fully saturated rings. The fraction of sp³-hybridized carbons (Fsp3) is 0.333. The molecule has 0 radical (unpaired) electrons. The van der Waals surface area contributed by atoms with Gasteiger partial charge in [-0.25, -0.2) is 0 Å². The number of anilines is 2. The molecular weight excluding hydrogens is 378 g/mol. The Bertz CT molecular complexity index is 846. The minimum absolute atomic E-state index is 0.0722. The zero-order valence-corrected chi connectivity index (χ0v) is 16.8. The molecule has 0 aliphatic carbocycles. The Kier molecular flexibility index (Phi) is 6.41. The Morgan fingerprint density at radius 2 is 1.75 bits per heavy atom. The lowest BCUT2D eigenvalue weighted by Crippen LogP contribution is -2.48. The fourth-order valence-electron chi connectivity index (χ4n) is 3.15. The average Bonchev–Trinajstić information content (AvgIpc) is 2.68. The Morgan fingerprint density at radius 3 is 2.36 bits per heavy atom. The maximum Gasteiger partial charge on any atom is 0.262 e. The number of carbonyl (C=O) groups is 2. The van der Waals surface area contributed by atoms with E-state index in [4.69, 9.17) is 16.3 Å². The highest BCUT2D eigenvalue weighted by Crippen LogP contribution is 2.22. The minimum Gasteiger partial charge on any atom is -0.483 e. The van der Waals surface area contributed by atoms with E-state index in [9.17, 15) is 9.59 Å². The first-order valence-electron chi connectivity index (χ1n) is 9.22. The molecule has 1 aliphatic heterocycles. The predicted molar refractivity (Wildman–Crippen MR) is 111 cm³/mol. The summed E-state index contributed by atoms with van der Waals surface area (Å²) in [7, 11) is 0. The molecule has 2 amide bonds. The number of aryl methyl sites for hydroxylation is 1. The van der Waals surface area contributed by atoms with Crippen LogP contribution < -0.4 is 15.0 Å². The zero-order valence-electron chi connectivity index (χ0n) is 16.1. The van der Waals surface area contributed by atoms with Crippen LogP contribution in [0.15, 0.2) is 42.5 Å². The second-order valence-electron chi connectivity index (χ2n) is 6.79. The van der Waals surface area contributed by atoms with E-state index in [-0.39, 0.29) is 18.4 Å². The van der Waals surface area contributed by atoms with Gasteiger partial charge in [0, 0.05) is 49.5 Å². The number of halogens is 1. The molecule has 0 unspecified atom stereocenters. The molecule has 0 saturated carbocycles. The van der Waals surface area contributed by atoms with Gasteiger partial charge in [0.2, 0.25) is 5.91 Å². The Balaban J connectivity index is 1.50. The van der Waals surface area contributed by atoms with Crippen LogP contribution in [0.3, 0.4) is 0 Å². The van der Waals surface area contributed by atoms with Gasteiger partial charge in [-0.1, -0.05) is 11.6 Å². The van der Waals surface area contributed by atoms with Gasteiger partial charge in [-0.05, 0) is 55.0 Å². The zero-order chi connectivity index (χ0) is 20.1. The first-order valence-corrected chi connectivity index (χ1v) is 9.59. The van der Waals surface area contributed by atoms with Crippen molar-refractivity contribution in [1.82, 2.24) is 4.90 Å². The van der Waals surface area contributed by atoms with E-state index >= 15 is 0 Å². The molecular formula is C21H24ClN3O3. The van der Waals surface area contributed by atoms with Crippen molar-refractivity contribution in [1.29, 1.82) is 0 Å². The first-order chi connectivity index (χ1) is 13.4. The van der Waals surface area contributed by atoms with Crippen molar-refractivity contribution < 1.29 is 14.3 Å². The summed E-state index contributed by atoms with van der Waals surface area (Å²) in [5.74, 6) is 0.533. The molecule has 3 rings (SSSR count). The van der Waals surface area contributed by atoms with E-state index < -0.39 is 0 Å². The highest BCUT2D eigenvalue weighted by molar-refractivity contribution is 6.30. The quantitative estimate of drug-likeness (QED) is 0.834. The SMILES string of the molecule is CC(=O)N1CCN(c2ccc(NC(=O)COc3ccc(Cl)cc3C)cc2)CC1. The van der Waals surface area contributed by atoms with Gasteiger partial charge in [0.1, 0.15) is 5.75 Å². The van der Waals surface area contributed by atoms with E-state index in [1.54, 1.807) is 25.1 Å². The van der Waals surface area contributed by atoms with E-state index in [0.29, 0.717) is 16.5 Å². The molecule has 7 heteroatoms. The molecule has 0 spiro atoms. The van der Waals surface area contributed by atoms with Gasteiger partial charge in [0.05, 0.1) is 0 Å². The lowest BCUT2D eigenvalue weighted by molar-refractivity contribution is -0.129. The van der Waals surface area contributed by atoms with E-state index in [1.165, 1.54) is 0 Å². The third-order valence-corrected chi connectivity index (χ3v) is 4.97. The number of nitrogens with one attached hydrogen (secondary N) is 1. The third-order valence-electron chi connectivity index (χ3n) is 4.74. The topological polar surface area (TPSA) is 61.9 Å². The summed E-state index contributed by atoms with van der Waals surface area (Å²) in [5, 5.41) is 3.47. The van der Waals surface area contributed by atoms with Gasteiger partial charge in [-0.15, -0.1) is 0 Å². The van der Waals surface area contributed by atoms with Gasteiger partial charge in [-0.2, -0.15) is 0 Å². The van der Waals surface area contributed by atoms with Crippen LogP contribution in [0.25, 0.3) is 0 Å². The summed E-state index contributed by atoms with van der Waals surface area (Å²) in [6, 6.07) is 13.0. The number of amides is 2. The molecule has 0 atom stereocenters. The van der Waals surface area contributed by atoms with Crippen molar-refractivity contribution >= 4 is 34.8 Å². The molecule has 1 aliphatic rings. The maximum absolute atomic E-state index is 12.1. The molecule has 2 aromatic carbocycles. The maximum atomic E-state index is 12.1. The normalized spacial score (nSPS) is 14.0. The van der Waals surface area contributed by atoms with Crippen LogP contribution in [-0.2, 0) is 9.59 Å². The first kappa shape index (κ1) is 20.0. The Labute approximate surface area is 170 Å². The molecule has 0 bridgehead atoms. The summed E-state index contributed by atoms with van der Waals surface area (Å²) in [6.07, 6.45) is 0. The van der Waals surface area contributed by atoms with Crippen molar-refractivity contribution in [3.63, 3.8) is 0 Å². The van der Waals surface area contributed by atoms with Crippen LogP contribution in [0.5, 0.6) is 5.75 Å². The summed E-state index contributed by atoms with van der Waals surface area (Å²) in [5.41, 5.74) is 2.68. The minimum atomic E-state index is -0.225. The van der Waals surface area contributed by atoms with Crippen LogP contribution in [0.4, 0.5) is 11.4 Å². The van der Waals surface area contributed by atoms with Crippen molar-refractivity contribution in [3.8, 4) is 5.75 Å². The monoisotopic (exact) mass is 401 g/mol. The third kappa shape index (κ3) is 5.16. The largest absolute Gasteiger partial charge is 0.483 e. The number of hydrogen-bond acceptors (Lipinski definition) is 4. The van der Waals surface area contributed by atoms with Gasteiger partial charge in [-0.3, -0.25) is 9.59 Å². The Hall–Kier alpha value is -2.73. The predicted octanol–water partition coefficient (Wildman–Crippen LogP) is 3.33. The summed E-state index contributed by atoms with van der Waals surface area (Å²) < 4.78 is 5.56. The number of piperazine rings is 1. The van der Waals surface area contributed by atoms with E-state index in [2.05, 4.69) is 10.2 Å².